The zero-order chi connectivity index (χ0) is 15.6. The number of nitro groups is 1. The van der Waals surface area contributed by atoms with E-state index in [4.69, 9.17) is 11.6 Å². The summed E-state index contributed by atoms with van der Waals surface area (Å²) < 4.78 is 0. The van der Waals surface area contributed by atoms with Gasteiger partial charge >= 0.3 is 0 Å². The molecule has 0 bridgehead atoms. The number of carbonyl (C=O) groups is 2. The number of non-ortho nitro benzene ring substituents is 1. The fourth-order valence-corrected chi connectivity index (χ4v) is 1.90. The van der Waals surface area contributed by atoms with Crippen LogP contribution in [0.5, 0.6) is 0 Å². The summed E-state index contributed by atoms with van der Waals surface area (Å²) in [6.07, 6.45) is 1.90. The number of nitrogens with zero attached hydrogens (tertiary/aromatic N) is 1. The Morgan fingerprint density at radius 3 is 2.67 bits per heavy atom. The molecule has 1 atom stereocenters. The molecule has 0 heterocycles. The van der Waals surface area contributed by atoms with Crippen molar-refractivity contribution in [3.63, 3.8) is 0 Å². The Balaban J connectivity index is 2.06. The molecule has 2 rings (SSSR count). The van der Waals surface area contributed by atoms with Gasteiger partial charge in [-0.05, 0) is 25.8 Å². The van der Waals surface area contributed by atoms with Crippen molar-refractivity contribution >= 4 is 29.1 Å². The van der Waals surface area contributed by atoms with Crippen LogP contribution in [0, 0.1) is 10.1 Å². The van der Waals surface area contributed by atoms with E-state index >= 15 is 0 Å². The zero-order valence-corrected chi connectivity index (χ0v) is 12.0. The predicted molar refractivity (Wildman–Crippen MR) is 76.2 cm³/mol. The van der Waals surface area contributed by atoms with Crippen molar-refractivity contribution in [3.8, 4) is 0 Å². The highest BCUT2D eigenvalue weighted by molar-refractivity contribution is 6.34. The lowest BCUT2D eigenvalue weighted by atomic mass is 10.1. The second kappa shape index (κ2) is 6.09. The molecule has 0 aromatic heterocycles. The predicted octanol–water partition coefficient (Wildman–Crippen LogP) is 1.65. The molecule has 0 radical (unpaired) electrons. The second-order valence-electron chi connectivity index (χ2n) is 4.90. The Kier molecular flexibility index (Phi) is 4.42. The third kappa shape index (κ3) is 3.91. The van der Waals surface area contributed by atoms with E-state index in [0.717, 1.165) is 18.9 Å². The molecule has 0 aliphatic heterocycles. The van der Waals surface area contributed by atoms with Crippen molar-refractivity contribution in [1.82, 2.24) is 10.6 Å². The van der Waals surface area contributed by atoms with Gasteiger partial charge in [-0.2, -0.15) is 0 Å². The highest BCUT2D eigenvalue weighted by Gasteiger charge is 2.27. The molecule has 1 aromatic carbocycles. The molecule has 8 heteroatoms. The minimum absolute atomic E-state index is 0.0306. The Morgan fingerprint density at radius 1 is 1.43 bits per heavy atom. The SMILES string of the molecule is CC(NC(=O)c1cc([N+](=O)[O-])ccc1Cl)C(=O)NC1CC1. The minimum Gasteiger partial charge on any atom is -0.352 e. The number of benzene rings is 1. The van der Waals surface area contributed by atoms with Crippen molar-refractivity contribution in [2.75, 3.05) is 0 Å². The molecule has 1 saturated carbocycles. The molecule has 0 spiro atoms. The van der Waals surface area contributed by atoms with E-state index in [1.165, 1.54) is 12.1 Å². The minimum atomic E-state index is -0.742. The zero-order valence-electron chi connectivity index (χ0n) is 11.3. The topological polar surface area (TPSA) is 101 Å². The number of amides is 2. The van der Waals surface area contributed by atoms with E-state index in [9.17, 15) is 19.7 Å². The quantitative estimate of drug-likeness (QED) is 0.637. The third-order valence-corrected chi connectivity index (χ3v) is 3.40. The fraction of sp³-hybridized carbons (Fsp3) is 0.385. The normalized spacial score (nSPS) is 15.1. The number of rotatable bonds is 5. The van der Waals surface area contributed by atoms with E-state index in [-0.39, 0.29) is 28.2 Å². The van der Waals surface area contributed by atoms with Gasteiger partial charge in [0.05, 0.1) is 15.5 Å². The van der Waals surface area contributed by atoms with Crippen LogP contribution in [0.1, 0.15) is 30.1 Å². The monoisotopic (exact) mass is 311 g/mol. The molecule has 7 nitrogen and oxygen atoms in total. The summed E-state index contributed by atoms with van der Waals surface area (Å²) in [5.74, 6) is -0.908. The second-order valence-corrected chi connectivity index (χ2v) is 5.31. The van der Waals surface area contributed by atoms with E-state index < -0.39 is 16.9 Å². The van der Waals surface area contributed by atoms with E-state index in [1.807, 2.05) is 0 Å². The molecule has 2 amide bonds. The molecule has 1 aliphatic carbocycles. The maximum atomic E-state index is 12.1. The van der Waals surface area contributed by atoms with Crippen LogP contribution in [0.2, 0.25) is 5.02 Å². The molecule has 2 N–H and O–H groups in total. The first-order valence-corrected chi connectivity index (χ1v) is 6.81. The molecule has 1 fully saturated rings. The van der Waals surface area contributed by atoms with Crippen LogP contribution in [0.3, 0.4) is 0 Å². The average molecular weight is 312 g/mol. The van der Waals surface area contributed by atoms with Gasteiger partial charge in [-0.1, -0.05) is 11.6 Å². The smallest absolute Gasteiger partial charge is 0.270 e. The summed E-state index contributed by atoms with van der Waals surface area (Å²) in [5.41, 5.74) is -0.267. The molecule has 21 heavy (non-hydrogen) atoms. The molecule has 1 aromatic rings. The van der Waals surface area contributed by atoms with Crippen molar-refractivity contribution in [2.45, 2.75) is 31.8 Å². The lowest BCUT2D eigenvalue weighted by molar-refractivity contribution is -0.384. The molecule has 0 saturated heterocycles. The summed E-state index contributed by atoms with van der Waals surface area (Å²) in [6, 6.07) is 3.03. The maximum absolute atomic E-state index is 12.1. The van der Waals surface area contributed by atoms with Crippen LogP contribution in [0.25, 0.3) is 0 Å². The highest BCUT2D eigenvalue weighted by Crippen LogP contribution is 2.22. The molecule has 1 aliphatic rings. The summed E-state index contributed by atoms with van der Waals surface area (Å²) in [4.78, 5) is 33.9. The van der Waals surface area contributed by atoms with Gasteiger partial charge in [0.2, 0.25) is 5.91 Å². The number of hydrogen-bond donors (Lipinski definition) is 2. The first-order chi connectivity index (χ1) is 9.88. The summed E-state index contributed by atoms with van der Waals surface area (Å²) in [7, 11) is 0. The van der Waals surface area contributed by atoms with Crippen LogP contribution in [0.15, 0.2) is 18.2 Å². The molecule has 1 unspecified atom stereocenters. The van der Waals surface area contributed by atoms with Crippen LogP contribution >= 0.6 is 11.6 Å². The van der Waals surface area contributed by atoms with Gasteiger partial charge in [-0.15, -0.1) is 0 Å². The van der Waals surface area contributed by atoms with Crippen LogP contribution in [-0.2, 0) is 4.79 Å². The standard InChI is InChI=1S/C13H14ClN3O4/c1-7(12(18)16-8-2-3-8)15-13(19)10-6-9(17(20)21)4-5-11(10)14/h4-8H,2-3H2,1H3,(H,15,19)(H,16,18). The number of nitrogens with one attached hydrogen (secondary N) is 2. The maximum Gasteiger partial charge on any atom is 0.270 e. The average Bonchev–Trinajstić information content (AvgIpc) is 3.22. The van der Waals surface area contributed by atoms with Gasteiger partial charge in [0.1, 0.15) is 6.04 Å². The van der Waals surface area contributed by atoms with E-state index in [2.05, 4.69) is 10.6 Å². The van der Waals surface area contributed by atoms with Crippen molar-refractivity contribution in [2.24, 2.45) is 0 Å². The fourth-order valence-electron chi connectivity index (χ4n) is 1.69. The number of hydrogen-bond acceptors (Lipinski definition) is 4. The van der Waals surface area contributed by atoms with Crippen molar-refractivity contribution < 1.29 is 14.5 Å². The molecular formula is C13H14ClN3O4. The largest absolute Gasteiger partial charge is 0.352 e. The van der Waals surface area contributed by atoms with Gasteiger partial charge < -0.3 is 10.6 Å². The first-order valence-electron chi connectivity index (χ1n) is 6.43. The summed E-state index contributed by atoms with van der Waals surface area (Å²) in [5, 5.41) is 16.0. The summed E-state index contributed by atoms with van der Waals surface area (Å²) in [6.45, 7) is 1.54. The number of halogens is 1. The van der Waals surface area contributed by atoms with Gasteiger partial charge in [0.15, 0.2) is 0 Å². The Labute approximate surface area is 125 Å². The molecular weight excluding hydrogens is 298 g/mol. The van der Waals surface area contributed by atoms with Gasteiger partial charge in [0.25, 0.3) is 11.6 Å². The van der Waals surface area contributed by atoms with Gasteiger partial charge in [0, 0.05) is 18.2 Å². The van der Waals surface area contributed by atoms with E-state index in [0.29, 0.717) is 0 Å². The lowest BCUT2D eigenvalue weighted by Crippen LogP contribution is -2.45. The van der Waals surface area contributed by atoms with Crippen LogP contribution in [0.4, 0.5) is 5.69 Å². The van der Waals surface area contributed by atoms with Crippen LogP contribution < -0.4 is 10.6 Å². The number of carbonyl (C=O) groups excluding carboxylic acids is 2. The Morgan fingerprint density at radius 2 is 2.10 bits per heavy atom. The molecule has 112 valence electrons. The van der Waals surface area contributed by atoms with Crippen LogP contribution in [-0.4, -0.2) is 28.8 Å². The van der Waals surface area contributed by atoms with E-state index in [1.54, 1.807) is 6.92 Å². The number of nitro benzene ring substituents is 1. The van der Waals surface area contributed by atoms with Crippen molar-refractivity contribution in [1.29, 1.82) is 0 Å². The first kappa shape index (κ1) is 15.2. The van der Waals surface area contributed by atoms with Gasteiger partial charge in [-0.3, -0.25) is 19.7 Å². The highest BCUT2D eigenvalue weighted by atomic mass is 35.5. The Hall–Kier alpha value is -2.15. The van der Waals surface area contributed by atoms with Gasteiger partial charge in [-0.25, -0.2) is 0 Å². The summed E-state index contributed by atoms with van der Waals surface area (Å²) >= 11 is 5.87. The lowest BCUT2D eigenvalue weighted by Gasteiger charge is -2.14. The van der Waals surface area contributed by atoms with Crippen molar-refractivity contribution in [3.05, 3.63) is 38.9 Å². The Bertz CT molecular complexity index is 601. The third-order valence-electron chi connectivity index (χ3n) is 3.07.